The molecule has 0 spiro atoms. The van der Waals surface area contributed by atoms with E-state index in [1.165, 1.54) is 0 Å². The van der Waals surface area contributed by atoms with Gasteiger partial charge in [-0.3, -0.25) is 4.79 Å². The molecule has 0 saturated carbocycles. The molecule has 0 aliphatic carbocycles. The van der Waals surface area contributed by atoms with Crippen LogP contribution in [0.5, 0.6) is 28.7 Å². The van der Waals surface area contributed by atoms with Gasteiger partial charge in [0.15, 0.2) is 17.3 Å². The van der Waals surface area contributed by atoms with Gasteiger partial charge in [-0.25, -0.2) is 0 Å². The number of ether oxygens (including phenoxy) is 5. The molecule has 1 amide bonds. The van der Waals surface area contributed by atoms with Crippen LogP contribution in [-0.4, -0.2) is 59.4 Å². The fourth-order valence-electron chi connectivity index (χ4n) is 4.19. The highest BCUT2D eigenvalue weighted by Crippen LogP contribution is 2.36. The molecular formula is C29H37NO7. The SMILES string of the molecule is COc1cc(OC)c(Cc2ccc(C(=O)N(CCc3ccc(OC)c(OC)c3)CC(C)C)o2)c(OC)c1. The van der Waals surface area contributed by atoms with E-state index in [0.29, 0.717) is 72.1 Å². The largest absolute Gasteiger partial charge is 0.496 e. The maximum atomic E-state index is 13.4. The summed E-state index contributed by atoms with van der Waals surface area (Å²) in [5.74, 6) is 4.31. The van der Waals surface area contributed by atoms with Crippen LogP contribution in [0.2, 0.25) is 0 Å². The van der Waals surface area contributed by atoms with Crippen LogP contribution in [0.4, 0.5) is 0 Å². The maximum absolute atomic E-state index is 13.4. The van der Waals surface area contributed by atoms with Crippen molar-refractivity contribution in [2.24, 2.45) is 5.92 Å². The molecule has 0 N–H and O–H groups in total. The van der Waals surface area contributed by atoms with Gasteiger partial charge < -0.3 is 33.0 Å². The van der Waals surface area contributed by atoms with Gasteiger partial charge in [-0.1, -0.05) is 19.9 Å². The molecule has 0 aliphatic rings. The van der Waals surface area contributed by atoms with E-state index < -0.39 is 0 Å². The molecule has 0 atom stereocenters. The lowest BCUT2D eigenvalue weighted by atomic mass is 10.1. The minimum absolute atomic E-state index is 0.144. The number of nitrogens with zero attached hydrogens (tertiary/aromatic N) is 1. The molecule has 0 aliphatic heterocycles. The van der Waals surface area contributed by atoms with E-state index in [1.54, 1.807) is 53.7 Å². The average Bonchev–Trinajstić information content (AvgIpc) is 3.38. The Hall–Kier alpha value is -3.81. The molecule has 3 aromatic rings. The second-order valence-electron chi connectivity index (χ2n) is 9.04. The molecule has 8 heteroatoms. The van der Waals surface area contributed by atoms with Crippen LogP contribution in [-0.2, 0) is 12.8 Å². The minimum Gasteiger partial charge on any atom is -0.496 e. The van der Waals surface area contributed by atoms with Crippen molar-refractivity contribution in [2.75, 3.05) is 48.6 Å². The van der Waals surface area contributed by atoms with Crippen LogP contribution < -0.4 is 23.7 Å². The van der Waals surface area contributed by atoms with Crippen molar-refractivity contribution in [1.29, 1.82) is 0 Å². The zero-order chi connectivity index (χ0) is 26.9. The molecule has 0 unspecified atom stereocenters. The molecule has 0 radical (unpaired) electrons. The number of methoxy groups -OCH3 is 5. The summed E-state index contributed by atoms with van der Waals surface area (Å²) in [6, 6.07) is 12.9. The fourth-order valence-corrected chi connectivity index (χ4v) is 4.19. The van der Waals surface area contributed by atoms with Crippen molar-refractivity contribution in [3.05, 3.63) is 65.1 Å². The van der Waals surface area contributed by atoms with Crippen molar-refractivity contribution in [1.82, 2.24) is 4.90 Å². The first-order chi connectivity index (χ1) is 17.8. The second kappa shape index (κ2) is 12.9. The number of carbonyl (C=O) groups excluding carboxylic acids is 1. The van der Waals surface area contributed by atoms with E-state index in [9.17, 15) is 4.79 Å². The monoisotopic (exact) mass is 511 g/mol. The van der Waals surface area contributed by atoms with Crippen molar-refractivity contribution >= 4 is 5.91 Å². The quantitative estimate of drug-likeness (QED) is 0.310. The Morgan fingerprint density at radius 2 is 1.46 bits per heavy atom. The number of furan rings is 1. The Kier molecular flexibility index (Phi) is 9.71. The van der Waals surface area contributed by atoms with E-state index in [1.807, 2.05) is 29.2 Å². The van der Waals surface area contributed by atoms with Crippen molar-refractivity contribution in [3.63, 3.8) is 0 Å². The van der Waals surface area contributed by atoms with Gasteiger partial charge in [0.1, 0.15) is 23.0 Å². The van der Waals surface area contributed by atoms with Crippen LogP contribution in [0.25, 0.3) is 0 Å². The van der Waals surface area contributed by atoms with Crippen LogP contribution in [0.3, 0.4) is 0 Å². The van der Waals surface area contributed by atoms with E-state index in [0.717, 1.165) is 11.1 Å². The fraction of sp³-hybridized carbons (Fsp3) is 0.414. The average molecular weight is 512 g/mol. The lowest BCUT2D eigenvalue weighted by Crippen LogP contribution is -2.35. The molecule has 0 bridgehead atoms. The standard InChI is InChI=1S/C29H37NO7/c1-19(2)18-30(13-12-20-8-10-24(33-4)28(14-20)36-7)29(31)25-11-9-21(37-25)15-23-26(34-5)16-22(32-3)17-27(23)35-6/h8-11,14,16-17,19H,12-13,15,18H2,1-7H3. The number of benzene rings is 2. The third-order valence-corrected chi connectivity index (χ3v) is 6.03. The topological polar surface area (TPSA) is 79.6 Å². The predicted molar refractivity (Wildman–Crippen MR) is 142 cm³/mol. The first kappa shape index (κ1) is 27.8. The molecule has 200 valence electrons. The van der Waals surface area contributed by atoms with E-state index in [-0.39, 0.29) is 5.91 Å². The Balaban J connectivity index is 1.78. The van der Waals surface area contributed by atoms with Crippen LogP contribution in [0, 0.1) is 5.92 Å². The first-order valence-corrected chi connectivity index (χ1v) is 12.2. The first-order valence-electron chi connectivity index (χ1n) is 12.2. The van der Waals surface area contributed by atoms with Gasteiger partial charge in [0, 0.05) is 37.2 Å². The Labute approximate surface area is 219 Å². The molecule has 0 fully saturated rings. The molecule has 1 aromatic heterocycles. The smallest absolute Gasteiger partial charge is 0.289 e. The van der Waals surface area contributed by atoms with E-state index in [4.69, 9.17) is 28.1 Å². The second-order valence-corrected chi connectivity index (χ2v) is 9.04. The summed E-state index contributed by atoms with van der Waals surface area (Å²) in [6.45, 7) is 5.34. The van der Waals surface area contributed by atoms with Crippen molar-refractivity contribution < 1.29 is 32.9 Å². The Morgan fingerprint density at radius 1 is 0.811 bits per heavy atom. The number of rotatable bonds is 13. The molecule has 2 aromatic carbocycles. The highest BCUT2D eigenvalue weighted by atomic mass is 16.5. The van der Waals surface area contributed by atoms with Gasteiger partial charge in [-0.2, -0.15) is 0 Å². The minimum atomic E-state index is -0.144. The Morgan fingerprint density at radius 3 is 2.03 bits per heavy atom. The van der Waals surface area contributed by atoms with E-state index >= 15 is 0 Å². The third kappa shape index (κ3) is 6.90. The van der Waals surface area contributed by atoms with Gasteiger partial charge in [0.2, 0.25) is 0 Å². The predicted octanol–water partition coefficient (Wildman–Crippen LogP) is 5.25. The summed E-state index contributed by atoms with van der Waals surface area (Å²) in [4.78, 5) is 15.3. The lowest BCUT2D eigenvalue weighted by Gasteiger charge is -2.24. The van der Waals surface area contributed by atoms with Gasteiger partial charge in [-0.05, 0) is 42.2 Å². The molecule has 8 nitrogen and oxygen atoms in total. The number of carbonyl (C=O) groups is 1. The molecule has 1 heterocycles. The molecular weight excluding hydrogens is 474 g/mol. The normalized spacial score (nSPS) is 10.8. The van der Waals surface area contributed by atoms with Crippen molar-refractivity contribution in [3.8, 4) is 28.7 Å². The van der Waals surface area contributed by atoms with E-state index in [2.05, 4.69) is 13.8 Å². The summed E-state index contributed by atoms with van der Waals surface area (Å²) >= 11 is 0. The van der Waals surface area contributed by atoms with Crippen LogP contribution >= 0.6 is 0 Å². The number of hydrogen-bond acceptors (Lipinski definition) is 7. The van der Waals surface area contributed by atoms with Crippen LogP contribution in [0.15, 0.2) is 46.9 Å². The van der Waals surface area contributed by atoms with Crippen LogP contribution in [0.1, 0.15) is 41.3 Å². The van der Waals surface area contributed by atoms with Gasteiger partial charge in [0.25, 0.3) is 5.91 Å². The van der Waals surface area contributed by atoms with Crippen molar-refractivity contribution in [2.45, 2.75) is 26.7 Å². The summed E-state index contributed by atoms with van der Waals surface area (Å²) in [7, 11) is 8.00. The number of amides is 1. The maximum Gasteiger partial charge on any atom is 0.289 e. The third-order valence-electron chi connectivity index (χ3n) is 6.03. The van der Waals surface area contributed by atoms with Gasteiger partial charge in [-0.15, -0.1) is 0 Å². The zero-order valence-electron chi connectivity index (χ0n) is 22.8. The Bertz CT molecular complexity index is 1160. The molecule has 0 saturated heterocycles. The van der Waals surface area contributed by atoms with Gasteiger partial charge >= 0.3 is 0 Å². The highest BCUT2D eigenvalue weighted by molar-refractivity contribution is 5.91. The number of hydrogen-bond donors (Lipinski definition) is 0. The van der Waals surface area contributed by atoms with Gasteiger partial charge in [0.05, 0.1) is 35.5 Å². The summed E-state index contributed by atoms with van der Waals surface area (Å²) in [6.07, 6.45) is 1.08. The lowest BCUT2D eigenvalue weighted by molar-refractivity contribution is 0.0704. The molecule has 3 rings (SSSR count). The highest BCUT2D eigenvalue weighted by Gasteiger charge is 2.22. The zero-order valence-corrected chi connectivity index (χ0v) is 22.8. The summed E-state index contributed by atoms with van der Waals surface area (Å²) < 4.78 is 33.2. The summed E-state index contributed by atoms with van der Waals surface area (Å²) in [5.41, 5.74) is 1.87. The molecule has 37 heavy (non-hydrogen) atoms. The summed E-state index contributed by atoms with van der Waals surface area (Å²) in [5, 5.41) is 0.